The van der Waals surface area contributed by atoms with E-state index in [-0.39, 0.29) is 22.2 Å². The van der Waals surface area contributed by atoms with E-state index in [2.05, 4.69) is 15.9 Å². The summed E-state index contributed by atoms with van der Waals surface area (Å²) >= 11 is 4.16. The third-order valence-corrected chi connectivity index (χ3v) is 3.44. The van der Waals surface area contributed by atoms with Gasteiger partial charge in [0.2, 0.25) is 0 Å². The van der Waals surface area contributed by atoms with Gasteiger partial charge in [-0.25, -0.2) is 8.78 Å². The topological polar surface area (TPSA) is 37.3 Å². The van der Waals surface area contributed by atoms with Gasteiger partial charge in [-0.15, -0.1) is 0 Å². The molecule has 1 N–H and O–H groups in total. The van der Waals surface area contributed by atoms with Crippen LogP contribution < -0.4 is 0 Å². The van der Waals surface area contributed by atoms with E-state index in [1.807, 2.05) is 0 Å². The Balaban J connectivity index is 2.60. The fraction of sp³-hybridized carbons (Fsp3) is 0.300. The summed E-state index contributed by atoms with van der Waals surface area (Å²) in [4.78, 5) is 10.2. The number of rotatable bonds is 5. The molecule has 0 atom stereocenters. The lowest BCUT2D eigenvalue weighted by Crippen LogP contribution is -1.98. The summed E-state index contributed by atoms with van der Waals surface area (Å²) in [6, 6.07) is 2.48. The number of benzene rings is 1. The molecule has 0 aliphatic rings. The first-order valence-electron chi connectivity index (χ1n) is 4.44. The first kappa shape index (κ1) is 13.4. The first-order valence-corrected chi connectivity index (χ1v) is 6.39. The molecule has 0 fully saturated rings. The van der Waals surface area contributed by atoms with E-state index >= 15 is 0 Å². The predicted molar refractivity (Wildman–Crippen MR) is 62.5 cm³/mol. The van der Waals surface area contributed by atoms with Gasteiger partial charge in [0.1, 0.15) is 11.6 Å². The molecule has 0 amide bonds. The summed E-state index contributed by atoms with van der Waals surface area (Å²) in [6.07, 6.45) is -0.0120. The van der Waals surface area contributed by atoms with Gasteiger partial charge < -0.3 is 5.11 Å². The number of carbonyl (C=O) groups is 1. The number of hydrogen-bond donors (Lipinski definition) is 1. The monoisotopic (exact) mass is 310 g/mol. The number of carboxylic acid groups (broad SMARTS) is 1. The summed E-state index contributed by atoms with van der Waals surface area (Å²) < 4.78 is 26.9. The molecule has 0 aromatic heterocycles. The number of hydrogen-bond acceptors (Lipinski definition) is 2. The minimum Gasteiger partial charge on any atom is -0.481 e. The lowest BCUT2D eigenvalue weighted by molar-refractivity contribution is -0.136. The first-order chi connectivity index (χ1) is 7.52. The summed E-state index contributed by atoms with van der Waals surface area (Å²) in [7, 11) is 0. The Morgan fingerprint density at radius 3 is 2.75 bits per heavy atom. The molecule has 16 heavy (non-hydrogen) atoms. The normalized spacial score (nSPS) is 10.4. The molecule has 0 saturated heterocycles. The van der Waals surface area contributed by atoms with E-state index < -0.39 is 17.6 Å². The van der Waals surface area contributed by atoms with Crippen molar-refractivity contribution >= 4 is 33.7 Å². The highest BCUT2D eigenvalue weighted by Crippen LogP contribution is 2.25. The fourth-order valence-electron chi connectivity index (χ4n) is 1.04. The van der Waals surface area contributed by atoms with Crippen LogP contribution in [-0.4, -0.2) is 16.8 Å². The van der Waals surface area contributed by atoms with E-state index in [1.54, 1.807) is 0 Å². The van der Waals surface area contributed by atoms with Crippen LogP contribution in [0.15, 0.2) is 16.6 Å². The fourth-order valence-corrected chi connectivity index (χ4v) is 2.34. The minimum atomic E-state index is -0.914. The molecule has 1 aromatic rings. The molecule has 88 valence electrons. The molecule has 6 heteroatoms. The number of carboxylic acids is 1. The van der Waals surface area contributed by atoms with Crippen molar-refractivity contribution in [2.24, 2.45) is 0 Å². The standard InChI is InChI=1S/C10H9BrF2O2S/c11-7-1-2-8(12)6(10(7)13)5-16-4-3-9(14)15/h1-2H,3-5H2,(H,14,15). The van der Waals surface area contributed by atoms with Crippen molar-refractivity contribution in [3.8, 4) is 0 Å². The highest BCUT2D eigenvalue weighted by atomic mass is 79.9. The van der Waals surface area contributed by atoms with Crippen LogP contribution >= 0.6 is 27.7 Å². The van der Waals surface area contributed by atoms with Gasteiger partial charge in [0, 0.05) is 17.1 Å². The number of aliphatic carboxylic acids is 1. The molecule has 0 heterocycles. The molecule has 0 unspecified atom stereocenters. The van der Waals surface area contributed by atoms with E-state index in [9.17, 15) is 13.6 Å². The molecule has 0 aliphatic carbocycles. The van der Waals surface area contributed by atoms with Crippen molar-refractivity contribution in [1.29, 1.82) is 0 Å². The van der Waals surface area contributed by atoms with Gasteiger partial charge in [0.05, 0.1) is 10.9 Å². The summed E-state index contributed by atoms with van der Waals surface area (Å²) in [5.41, 5.74) is -0.0234. The van der Waals surface area contributed by atoms with Crippen LogP contribution in [0.5, 0.6) is 0 Å². The molecule has 0 bridgehead atoms. The second-order valence-electron chi connectivity index (χ2n) is 3.02. The minimum absolute atomic E-state index is 0.0120. The van der Waals surface area contributed by atoms with Gasteiger partial charge in [-0.1, -0.05) is 0 Å². The average Bonchev–Trinajstić information content (AvgIpc) is 2.22. The maximum atomic E-state index is 13.4. The maximum Gasteiger partial charge on any atom is 0.304 e. The van der Waals surface area contributed by atoms with Crippen LogP contribution in [0.3, 0.4) is 0 Å². The Bertz CT molecular complexity index is 399. The number of thioether (sulfide) groups is 1. The van der Waals surface area contributed by atoms with Crippen LogP contribution in [0, 0.1) is 11.6 Å². The van der Waals surface area contributed by atoms with Gasteiger partial charge in [0.15, 0.2) is 0 Å². The highest BCUT2D eigenvalue weighted by Gasteiger charge is 2.12. The largest absolute Gasteiger partial charge is 0.481 e. The van der Waals surface area contributed by atoms with E-state index in [0.717, 1.165) is 0 Å². The summed E-state index contributed by atoms with van der Waals surface area (Å²) in [5, 5.41) is 8.39. The molecule has 0 radical (unpaired) electrons. The van der Waals surface area contributed by atoms with Gasteiger partial charge >= 0.3 is 5.97 Å². The molecular weight excluding hydrogens is 302 g/mol. The molecule has 0 aliphatic heterocycles. The van der Waals surface area contributed by atoms with E-state index in [0.29, 0.717) is 5.75 Å². The third kappa shape index (κ3) is 3.75. The Hall–Kier alpha value is -0.620. The smallest absolute Gasteiger partial charge is 0.304 e. The molecule has 0 spiro atoms. The van der Waals surface area contributed by atoms with Crippen LogP contribution in [0.4, 0.5) is 8.78 Å². The Labute approximate surface area is 104 Å². The maximum absolute atomic E-state index is 13.4. The van der Waals surface area contributed by atoms with Crippen molar-refractivity contribution in [3.63, 3.8) is 0 Å². The summed E-state index contributed by atoms with van der Waals surface area (Å²) in [5.74, 6) is -1.68. The highest BCUT2D eigenvalue weighted by molar-refractivity contribution is 9.10. The lowest BCUT2D eigenvalue weighted by atomic mass is 10.2. The number of halogens is 3. The second-order valence-corrected chi connectivity index (χ2v) is 4.98. The quantitative estimate of drug-likeness (QED) is 0.668. The van der Waals surface area contributed by atoms with Gasteiger partial charge in [-0.3, -0.25) is 4.79 Å². The SMILES string of the molecule is O=C(O)CCSCc1c(F)ccc(Br)c1F. The zero-order chi connectivity index (χ0) is 12.1. The zero-order valence-corrected chi connectivity index (χ0v) is 10.6. The van der Waals surface area contributed by atoms with Gasteiger partial charge in [-0.05, 0) is 28.1 Å². The molecule has 2 nitrogen and oxygen atoms in total. The summed E-state index contributed by atoms with van der Waals surface area (Å²) in [6.45, 7) is 0. The molecular formula is C10H9BrF2O2S. The van der Waals surface area contributed by atoms with Crippen LogP contribution in [0.1, 0.15) is 12.0 Å². The van der Waals surface area contributed by atoms with Crippen molar-refractivity contribution in [1.82, 2.24) is 0 Å². The van der Waals surface area contributed by atoms with Gasteiger partial charge in [0.25, 0.3) is 0 Å². The average molecular weight is 311 g/mol. The Kier molecular flexibility index (Phi) is 5.21. The molecule has 1 rings (SSSR count). The lowest BCUT2D eigenvalue weighted by Gasteiger charge is -2.05. The van der Waals surface area contributed by atoms with Crippen molar-refractivity contribution in [2.45, 2.75) is 12.2 Å². The van der Waals surface area contributed by atoms with Crippen LogP contribution in [-0.2, 0) is 10.5 Å². The van der Waals surface area contributed by atoms with Crippen molar-refractivity contribution in [2.75, 3.05) is 5.75 Å². The third-order valence-electron chi connectivity index (χ3n) is 1.85. The van der Waals surface area contributed by atoms with Crippen LogP contribution in [0.25, 0.3) is 0 Å². The second kappa shape index (κ2) is 6.20. The van der Waals surface area contributed by atoms with Gasteiger partial charge in [-0.2, -0.15) is 11.8 Å². The van der Waals surface area contributed by atoms with E-state index in [1.165, 1.54) is 23.9 Å². The van der Waals surface area contributed by atoms with Crippen molar-refractivity contribution < 1.29 is 18.7 Å². The predicted octanol–water partition coefficient (Wildman–Crippen LogP) is 3.44. The van der Waals surface area contributed by atoms with Crippen LogP contribution in [0.2, 0.25) is 0 Å². The van der Waals surface area contributed by atoms with E-state index in [4.69, 9.17) is 5.11 Å². The van der Waals surface area contributed by atoms with Crippen molar-refractivity contribution in [3.05, 3.63) is 33.8 Å². The Morgan fingerprint density at radius 1 is 1.44 bits per heavy atom. The zero-order valence-electron chi connectivity index (χ0n) is 8.17. The molecule has 1 aromatic carbocycles. The molecule has 0 saturated carbocycles. The Morgan fingerprint density at radius 2 is 2.12 bits per heavy atom.